The van der Waals surface area contributed by atoms with Crippen molar-refractivity contribution in [1.29, 1.82) is 0 Å². The first kappa shape index (κ1) is 17.9. The summed E-state index contributed by atoms with van der Waals surface area (Å²) in [6.07, 6.45) is 0. The lowest BCUT2D eigenvalue weighted by atomic mass is 10.2. The second-order valence-corrected chi connectivity index (χ2v) is 6.84. The van der Waals surface area contributed by atoms with Gasteiger partial charge in [-0.1, -0.05) is 18.2 Å². The number of amides is 3. The van der Waals surface area contributed by atoms with Crippen molar-refractivity contribution in [1.82, 2.24) is 9.88 Å². The molecule has 2 aromatic carbocycles. The first-order valence-electron chi connectivity index (χ1n) is 9.26. The average Bonchev–Trinajstić information content (AvgIpc) is 3.26. The minimum atomic E-state index is -0.151. The van der Waals surface area contributed by atoms with Crippen molar-refractivity contribution >= 4 is 23.3 Å². The Balaban J connectivity index is 1.54. The summed E-state index contributed by atoms with van der Waals surface area (Å²) in [5, 5.41) is 5.73. The number of hydrogen-bond acceptors (Lipinski definition) is 2. The maximum Gasteiger partial charge on any atom is 0.321 e. The van der Waals surface area contributed by atoms with Crippen LogP contribution in [0.25, 0.3) is 5.69 Å². The normalized spacial score (nSPS) is 13.5. The molecule has 3 aromatic rings. The Morgan fingerprint density at radius 2 is 1.71 bits per heavy atom. The number of hydrogen-bond donors (Lipinski definition) is 2. The van der Waals surface area contributed by atoms with E-state index in [1.807, 2.05) is 74.5 Å². The van der Waals surface area contributed by atoms with E-state index in [2.05, 4.69) is 15.2 Å². The zero-order chi connectivity index (χ0) is 19.7. The predicted octanol–water partition coefficient (Wildman–Crippen LogP) is 3.88. The van der Waals surface area contributed by atoms with Gasteiger partial charge in [0.15, 0.2) is 0 Å². The van der Waals surface area contributed by atoms with Crippen LogP contribution in [0.2, 0.25) is 0 Å². The van der Waals surface area contributed by atoms with E-state index < -0.39 is 0 Å². The minimum Gasteiger partial charge on any atom is -0.336 e. The van der Waals surface area contributed by atoms with Gasteiger partial charge >= 0.3 is 6.03 Å². The molecule has 0 saturated carbocycles. The van der Waals surface area contributed by atoms with Gasteiger partial charge in [-0.25, -0.2) is 4.79 Å². The van der Waals surface area contributed by atoms with Gasteiger partial charge in [-0.15, -0.1) is 0 Å². The van der Waals surface area contributed by atoms with E-state index >= 15 is 0 Å². The van der Waals surface area contributed by atoms with Gasteiger partial charge in [0.25, 0.3) is 5.91 Å². The highest BCUT2D eigenvalue weighted by molar-refractivity contribution is 6.05. The molecule has 4 rings (SSSR count). The number of carbonyl (C=O) groups excluding carboxylic acids is 2. The number of para-hydroxylation sites is 1. The quantitative estimate of drug-likeness (QED) is 0.728. The molecule has 0 spiro atoms. The van der Waals surface area contributed by atoms with Gasteiger partial charge in [-0.3, -0.25) is 9.69 Å². The monoisotopic (exact) mass is 374 g/mol. The fourth-order valence-corrected chi connectivity index (χ4v) is 3.61. The van der Waals surface area contributed by atoms with Crippen molar-refractivity contribution in [2.45, 2.75) is 13.8 Å². The number of urea groups is 1. The molecule has 0 aliphatic carbocycles. The molecule has 2 heterocycles. The molecule has 1 saturated heterocycles. The summed E-state index contributed by atoms with van der Waals surface area (Å²) >= 11 is 0. The van der Waals surface area contributed by atoms with Crippen molar-refractivity contribution in [3.63, 3.8) is 0 Å². The number of nitrogens with zero attached hydrogens (tertiary/aromatic N) is 2. The van der Waals surface area contributed by atoms with Crippen LogP contribution in [-0.2, 0) is 0 Å². The van der Waals surface area contributed by atoms with Gasteiger partial charge in [0.1, 0.15) is 0 Å². The summed E-state index contributed by atoms with van der Waals surface area (Å²) in [7, 11) is 0. The fraction of sp³-hybridized carbons (Fsp3) is 0.182. The minimum absolute atomic E-state index is 0.0925. The number of aryl methyl sites for hydroxylation is 1. The van der Waals surface area contributed by atoms with Crippen molar-refractivity contribution in [2.75, 3.05) is 23.3 Å². The van der Waals surface area contributed by atoms with Crippen molar-refractivity contribution in [3.05, 3.63) is 77.6 Å². The first-order valence-corrected chi connectivity index (χ1v) is 9.26. The highest BCUT2D eigenvalue weighted by atomic mass is 16.2. The molecule has 0 bridgehead atoms. The summed E-state index contributed by atoms with van der Waals surface area (Å²) < 4.78 is 2.07. The largest absolute Gasteiger partial charge is 0.336 e. The Kier molecular flexibility index (Phi) is 4.61. The average molecular weight is 374 g/mol. The molecule has 28 heavy (non-hydrogen) atoms. The van der Waals surface area contributed by atoms with Gasteiger partial charge in [-0.2, -0.15) is 0 Å². The van der Waals surface area contributed by atoms with Gasteiger partial charge in [-0.05, 0) is 56.3 Å². The molecule has 1 aliphatic heterocycles. The topological polar surface area (TPSA) is 66.4 Å². The Hall–Kier alpha value is -3.54. The number of anilines is 2. The molecule has 2 N–H and O–H groups in total. The molecule has 6 heteroatoms. The van der Waals surface area contributed by atoms with E-state index in [0.29, 0.717) is 24.3 Å². The number of benzene rings is 2. The Labute approximate surface area is 163 Å². The second kappa shape index (κ2) is 7.23. The standard InChI is InChI=1S/C22H22N4O2/c1-15-14-20(16(2)26(15)19-6-4-3-5-7-19)21(27)24-17-8-10-18(11-9-17)25-13-12-23-22(25)28/h3-11,14H,12-13H2,1-2H3,(H,23,28)(H,24,27). The van der Waals surface area contributed by atoms with E-state index in [4.69, 9.17) is 0 Å². The molecule has 142 valence electrons. The van der Waals surface area contributed by atoms with Crippen LogP contribution in [0.15, 0.2) is 60.7 Å². The predicted molar refractivity (Wildman–Crippen MR) is 110 cm³/mol. The fourth-order valence-electron chi connectivity index (χ4n) is 3.61. The number of aromatic nitrogens is 1. The summed E-state index contributed by atoms with van der Waals surface area (Å²) in [5.41, 5.74) is 5.08. The summed E-state index contributed by atoms with van der Waals surface area (Å²) in [4.78, 5) is 26.3. The van der Waals surface area contributed by atoms with Crippen LogP contribution in [0.5, 0.6) is 0 Å². The van der Waals surface area contributed by atoms with E-state index in [9.17, 15) is 9.59 Å². The second-order valence-electron chi connectivity index (χ2n) is 6.84. The molecule has 1 fully saturated rings. The molecule has 0 unspecified atom stereocenters. The first-order chi connectivity index (χ1) is 13.5. The lowest BCUT2D eigenvalue weighted by Crippen LogP contribution is -2.27. The Bertz CT molecular complexity index is 1020. The zero-order valence-corrected chi connectivity index (χ0v) is 15.9. The van der Waals surface area contributed by atoms with Crippen LogP contribution in [0.3, 0.4) is 0 Å². The lowest BCUT2D eigenvalue weighted by Gasteiger charge is -2.14. The highest BCUT2D eigenvalue weighted by Crippen LogP contribution is 2.23. The van der Waals surface area contributed by atoms with E-state index in [0.717, 1.165) is 22.8 Å². The SMILES string of the molecule is Cc1cc(C(=O)Nc2ccc(N3CCNC3=O)cc2)c(C)n1-c1ccccc1. The van der Waals surface area contributed by atoms with Crippen molar-refractivity contribution < 1.29 is 9.59 Å². The Morgan fingerprint density at radius 3 is 2.36 bits per heavy atom. The van der Waals surface area contributed by atoms with E-state index in [-0.39, 0.29) is 11.9 Å². The van der Waals surface area contributed by atoms with Crippen LogP contribution in [0.1, 0.15) is 21.7 Å². The Morgan fingerprint density at radius 1 is 1.00 bits per heavy atom. The number of nitrogens with one attached hydrogen (secondary N) is 2. The van der Waals surface area contributed by atoms with Gasteiger partial charge < -0.3 is 15.2 Å². The molecule has 0 atom stereocenters. The van der Waals surface area contributed by atoms with Crippen molar-refractivity contribution in [3.8, 4) is 5.69 Å². The van der Waals surface area contributed by atoms with Crippen LogP contribution in [0, 0.1) is 13.8 Å². The molecule has 1 aromatic heterocycles. The lowest BCUT2D eigenvalue weighted by molar-refractivity contribution is 0.102. The molecule has 1 aliphatic rings. The summed E-state index contributed by atoms with van der Waals surface area (Å²) in [5.74, 6) is -0.151. The molecule has 6 nitrogen and oxygen atoms in total. The summed E-state index contributed by atoms with van der Waals surface area (Å²) in [6, 6.07) is 19.1. The van der Waals surface area contributed by atoms with Crippen molar-refractivity contribution in [2.24, 2.45) is 0 Å². The maximum atomic E-state index is 12.8. The van der Waals surface area contributed by atoms with Crippen LogP contribution in [-0.4, -0.2) is 29.6 Å². The third-order valence-corrected chi connectivity index (χ3v) is 4.98. The van der Waals surface area contributed by atoms with Crippen LogP contribution in [0.4, 0.5) is 16.2 Å². The van der Waals surface area contributed by atoms with Gasteiger partial charge in [0.2, 0.25) is 0 Å². The van der Waals surface area contributed by atoms with E-state index in [1.54, 1.807) is 4.90 Å². The van der Waals surface area contributed by atoms with Crippen LogP contribution < -0.4 is 15.5 Å². The maximum absolute atomic E-state index is 12.8. The molecule has 3 amide bonds. The zero-order valence-electron chi connectivity index (χ0n) is 15.9. The molecular formula is C22H22N4O2. The van der Waals surface area contributed by atoms with Crippen LogP contribution >= 0.6 is 0 Å². The van der Waals surface area contributed by atoms with Gasteiger partial charge in [0.05, 0.1) is 5.56 Å². The van der Waals surface area contributed by atoms with E-state index in [1.165, 1.54) is 0 Å². The highest BCUT2D eigenvalue weighted by Gasteiger charge is 2.21. The molecular weight excluding hydrogens is 352 g/mol. The third-order valence-electron chi connectivity index (χ3n) is 4.98. The summed E-state index contributed by atoms with van der Waals surface area (Å²) in [6.45, 7) is 5.24. The smallest absolute Gasteiger partial charge is 0.321 e. The number of carbonyl (C=O) groups is 2. The molecule has 0 radical (unpaired) electrons. The van der Waals surface area contributed by atoms with Gasteiger partial charge in [0, 0.05) is 41.5 Å². The number of rotatable bonds is 4. The third kappa shape index (κ3) is 3.24.